The maximum absolute atomic E-state index is 12.1. The zero-order chi connectivity index (χ0) is 15.3. The molecular formula is C14H19ClN2O3. The van der Waals surface area contributed by atoms with E-state index < -0.39 is 5.97 Å². The van der Waals surface area contributed by atoms with Crippen molar-refractivity contribution in [2.45, 2.75) is 20.8 Å². The van der Waals surface area contributed by atoms with Crippen molar-refractivity contribution in [1.82, 2.24) is 4.90 Å². The lowest BCUT2D eigenvalue weighted by Gasteiger charge is -2.23. The van der Waals surface area contributed by atoms with Crippen molar-refractivity contribution in [2.75, 3.05) is 18.4 Å². The fourth-order valence-corrected chi connectivity index (χ4v) is 1.97. The molecule has 110 valence electrons. The fraction of sp³-hybridized carbons (Fsp3) is 0.429. The zero-order valence-corrected chi connectivity index (χ0v) is 12.6. The van der Waals surface area contributed by atoms with Gasteiger partial charge < -0.3 is 15.3 Å². The average Bonchev–Trinajstić information content (AvgIpc) is 2.35. The van der Waals surface area contributed by atoms with Gasteiger partial charge in [-0.2, -0.15) is 0 Å². The predicted molar refractivity (Wildman–Crippen MR) is 79.5 cm³/mol. The summed E-state index contributed by atoms with van der Waals surface area (Å²) >= 11 is 5.84. The Morgan fingerprint density at radius 2 is 2.05 bits per heavy atom. The summed E-state index contributed by atoms with van der Waals surface area (Å²) in [4.78, 5) is 24.9. The van der Waals surface area contributed by atoms with Crippen LogP contribution in [-0.4, -0.2) is 35.1 Å². The molecule has 0 aliphatic rings. The summed E-state index contributed by atoms with van der Waals surface area (Å²) in [6.07, 6.45) is 0. The molecule has 0 unspecified atom stereocenters. The van der Waals surface area contributed by atoms with E-state index in [-0.39, 0.29) is 17.3 Å². The number of benzene rings is 1. The number of nitrogens with zero attached hydrogens (tertiary/aromatic N) is 1. The zero-order valence-electron chi connectivity index (χ0n) is 11.8. The largest absolute Gasteiger partial charge is 0.478 e. The summed E-state index contributed by atoms with van der Waals surface area (Å²) in [5.41, 5.74) is 0.223. The number of carbonyl (C=O) groups is 2. The third kappa shape index (κ3) is 4.42. The SMILES string of the molecule is CCN(CC(C)C)C(=O)Nc1cc(Cl)ccc1C(=O)O. The molecule has 0 atom stereocenters. The van der Waals surface area contributed by atoms with E-state index in [1.54, 1.807) is 4.90 Å². The number of hydrogen-bond acceptors (Lipinski definition) is 2. The molecule has 0 fully saturated rings. The summed E-state index contributed by atoms with van der Waals surface area (Å²) in [5.74, 6) is -0.775. The molecule has 0 saturated carbocycles. The monoisotopic (exact) mass is 298 g/mol. The molecule has 2 amide bonds. The number of hydrogen-bond donors (Lipinski definition) is 2. The molecule has 0 heterocycles. The van der Waals surface area contributed by atoms with Crippen LogP contribution in [0.25, 0.3) is 0 Å². The molecule has 0 radical (unpaired) electrons. The number of nitrogens with one attached hydrogen (secondary N) is 1. The topological polar surface area (TPSA) is 69.6 Å². The van der Waals surface area contributed by atoms with Crippen LogP contribution >= 0.6 is 11.6 Å². The number of anilines is 1. The van der Waals surface area contributed by atoms with Gasteiger partial charge in [0.2, 0.25) is 0 Å². The molecule has 0 aliphatic heterocycles. The minimum absolute atomic E-state index is 0.0170. The van der Waals surface area contributed by atoms with E-state index in [1.807, 2.05) is 20.8 Å². The van der Waals surface area contributed by atoms with Crippen LogP contribution in [0.15, 0.2) is 18.2 Å². The number of rotatable bonds is 5. The highest BCUT2D eigenvalue weighted by Crippen LogP contribution is 2.21. The van der Waals surface area contributed by atoms with E-state index in [1.165, 1.54) is 18.2 Å². The summed E-state index contributed by atoms with van der Waals surface area (Å²) in [7, 11) is 0. The molecule has 1 aromatic carbocycles. The molecular weight excluding hydrogens is 280 g/mol. The number of amides is 2. The van der Waals surface area contributed by atoms with Gasteiger partial charge in [0, 0.05) is 18.1 Å². The molecule has 0 aromatic heterocycles. The van der Waals surface area contributed by atoms with Gasteiger partial charge in [0.1, 0.15) is 0 Å². The number of carbonyl (C=O) groups excluding carboxylic acids is 1. The second-order valence-corrected chi connectivity index (χ2v) is 5.29. The maximum atomic E-state index is 12.1. The first kappa shape index (κ1) is 16.3. The molecule has 0 bridgehead atoms. The first-order chi connectivity index (χ1) is 9.35. The molecule has 1 rings (SSSR count). The van der Waals surface area contributed by atoms with E-state index in [4.69, 9.17) is 16.7 Å². The van der Waals surface area contributed by atoms with E-state index in [0.29, 0.717) is 24.0 Å². The third-order valence-corrected chi connectivity index (χ3v) is 2.94. The first-order valence-electron chi connectivity index (χ1n) is 6.43. The molecule has 6 heteroatoms. The van der Waals surface area contributed by atoms with Gasteiger partial charge in [0.25, 0.3) is 0 Å². The Balaban J connectivity index is 2.94. The van der Waals surface area contributed by atoms with Gasteiger partial charge in [0.05, 0.1) is 11.3 Å². The van der Waals surface area contributed by atoms with E-state index in [0.717, 1.165) is 0 Å². The van der Waals surface area contributed by atoms with Gasteiger partial charge in [-0.1, -0.05) is 25.4 Å². The van der Waals surface area contributed by atoms with Gasteiger partial charge in [-0.3, -0.25) is 0 Å². The van der Waals surface area contributed by atoms with Crippen LogP contribution in [0.4, 0.5) is 10.5 Å². The van der Waals surface area contributed by atoms with Gasteiger partial charge in [-0.15, -0.1) is 0 Å². The van der Waals surface area contributed by atoms with Crippen molar-refractivity contribution in [1.29, 1.82) is 0 Å². The predicted octanol–water partition coefficient (Wildman–Crippen LogP) is 3.55. The summed E-state index contributed by atoms with van der Waals surface area (Å²) < 4.78 is 0. The normalized spacial score (nSPS) is 10.4. The van der Waals surface area contributed by atoms with Crippen molar-refractivity contribution in [3.05, 3.63) is 28.8 Å². The number of aromatic carboxylic acids is 1. The second-order valence-electron chi connectivity index (χ2n) is 4.86. The molecule has 0 aliphatic carbocycles. The summed E-state index contributed by atoms with van der Waals surface area (Å²) in [6.45, 7) is 7.05. The highest BCUT2D eigenvalue weighted by atomic mass is 35.5. The fourth-order valence-electron chi connectivity index (χ4n) is 1.80. The lowest BCUT2D eigenvalue weighted by Crippen LogP contribution is -2.37. The Morgan fingerprint density at radius 3 is 2.55 bits per heavy atom. The highest BCUT2D eigenvalue weighted by Gasteiger charge is 2.17. The standard InChI is InChI=1S/C14H19ClN2O3/c1-4-17(8-9(2)3)14(20)16-12-7-10(15)5-6-11(12)13(18)19/h5-7,9H,4,8H2,1-3H3,(H,16,20)(H,18,19). The van der Waals surface area contributed by atoms with Crippen LogP contribution in [-0.2, 0) is 0 Å². The molecule has 0 spiro atoms. The van der Waals surface area contributed by atoms with E-state index in [2.05, 4.69) is 5.32 Å². The van der Waals surface area contributed by atoms with Gasteiger partial charge in [-0.05, 0) is 31.0 Å². The maximum Gasteiger partial charge on any atom is 0.337 e. The van der Waals surface area contributed by atoms with Crippen LogP contribution in [0.1, 0.15) is 31.1 Å². The molecule has 1 aromatic rings. The van der Waals surface area contributed by atoms with Crippen molar-refractivity contribution in [2.24, 2.45) is 5.92 Å². The van der Waals surface area contributed by atoms with Gasteiger partial charge >= 0.3 is 12.0 Å². The molecule has 5 nitrogen and oxygen atoms in total. The Morgan fingerprint density at radius 1 is 1.40 bits per heavy atom. The van der Waals surface area contributed by atoms with Crippen LogP contribution in [0.2, 0.25) is 5.02 Å². The minimum Gasteiger partial charge on any atom is -0.478 e. The Hall–Kier alpha value is -1.75. The molecule has 20 heavy (non-hydrogen) atoms. The first-order valence-corrected chi connectivity index (χ1v) is 6.81. The highest BCUT2D eigenvalue weighted by molar-refractivity contribution is 6.31. The smallest absolute Gasteiger partial charge is 0.337 e. The van der Waals surface area contributed by atoms with Crippen LogP contribution in [0.3, 0.4) is 0 Å². The summed E-state index contributed by atoms with van der Waals surface area (Å²) in [6, 6.07) is 3.96. The van der Waals surface area contributed by atoms with Crippen molar-refractivity contribution in [3.63, 3.8) is 0 Å². The molecule has 0 saturated heterocycles. The quantitative estimate of drug-likeness (QED) is 0.873. The molecule has 2 N–H and O–H groups in total. The minimum atomic E-state index is -1.11. The summed E-state index contributed by atoms with van der Waals surface area (Å²) in [5, 5.41) is 12.1. The number of carboxylic acid groups (broad SMARTS) is 1. The third-order valence-electron chi connectivity index (χ3n) is 2.71. The van der Waals surface area contributed by atoms with Crippen LogP contribution < -0.4 is 5.32 Å². The van der Waals surface area contributed by atoms with Crippen molar-refractivity contribution in [3.8, 4) is 0 Å². The van der Waals surface area contributed by atoms with Gasteiger partial charge in [0.15, 0.2) is 0 Å². The number of urea groups is 1. The Labute approximate surface area is 123 Å². The van der Waals surface area contributed by atoms with Gasteiger partial charge in [-0.25, -0.2) is 9.59 Å². The van der Waals surface area contributed by atoms with E-state index in [9.17, 15) is 9.59 Å². The van der Waals surface area contributed by atoms with Crippen LogP contribution in [0.5, 0.6) is 0 Å². The number of halogens is 1. The van der Waals surface area contributed by atoms with Crippen LogP contribution in [0, 0.1) is 5.92 Å². The van der Waals surface area contributed by atoms with E-state index >= 15 is 0 Å². The number of carboxylic acids is 1. The van der Waals surface area contributed by atoms with Crippen molar-refractivity contribution >= 4 is 29.3 Å². The Kier molecular flexibility index (Phi) is 5.82. The lowest BCUT2D eigenvalue weighted by atomic mass is 10.2. The second kappa shape index (κ2) is 7.14. The lowest BCUT2D eigenvalue weighted by molar-refractivity contribution is 0.0698. The average molecular weight is 299 g/mol. The van der Waals surface area contributed by atoms with Crippen molar-refractivity contribution < 1.29 is 14.7 Å². The Bertz CT molecular complexity index is 503.